The van der Waals surface area contributed by atoms with Crippen LogP contribution >= 0.6 is 11.6 Å². The second-order valence-electron chi connectivity index (χ2n) is 4.22. The second-order valence-corrected chi connectivity index (χ2v) is 4.66. The third-order valence-corrected chi connectivity index (χ3v) is 2.84. The van der Waals surface area contributed by atoms with Crippen LogP contribution in [0.3, 0.4) is 0 Å². The van der Waals surface area contributed by atoms with Gasteiger partial charge >= 0.3 is 0 Å². The Morgan fingerprint density at radius 2 is 2.24 bits per heavy atom. The topological polar surface area (TPSA) is 46.3 Å². The molecule has 1 amide bonds. The van der Waals surface area contributed by atoms with Crippen molar-refractivity contribution >= 4 is 17.5 Å². The fourth-order valence-corrected chi connectivity index (χ4v) is 1.92. The van der Waals surface area contributed by atoms with Crippen molar-refractivity contribution < 1.29 is 4.79 Å². The summed E-state index contributed by atoms with van der Waals surface area (Å²) in [6.07, 6.45) is 1.64. The molecule has 1 aromatic carbocycles. The molecule has 94 valence electrons. The summed E-state index contributed by atoms with van der Waals surface area (Å²) in [6.45, 7) is 2.56. The zero-order valence-electron chi connectivity index (χ0n) is 10.3. The molecule has 0 spiro atoms. The number of benzene rings is 1. The SMILES string of the molecule is CCCC(N)C(=O)N(C)Cc1cccc(Cl)c1. The van der Waals surface area contributed by atoms with Gasteiger partial charge < -0.3 is 10.6 Å². The highest BCUT2D eigenvalue weighted by molar-refractivity contribution is 6.30. The predicted molar refractivity (Wildman–Crippen MR) is 70.8 cm³/mol. The zero-order valence-corrected chi connectivity index (χ0v) is 11.1. The molecule has 0 heterocycles. The van der Waals surface area contributed by atoms with Crippen LogP contribution in [0.5, 0.6) is 0 Å². The zero-order chi connectivity index (χ0) is 12.8. The van der Waals surface area contributed by atoms with Crippen LogP contribution in [0, 0.1) is 0 Å². The third-order valence-electron chi connectivity index (χ3n) is 2.60. The Balaban J connectivity index is 2.59. The van der Waals surface area contributed by atoms with E-state index in [4.69, 9.17) is 17.3 Å². The van der Waals surface area contributed by atoms with E-state index in [0.717, 1.165) is 18.4 Å². The summed E-state index contributed by atoms with van der Waals surface area (Å²) in [7, 11) is 1.76. The van der Waals surface area contributed by atoms with Crippen molar-refractivity contribution in [3.8, 4) is 0 Å². The highest BCUT2D eigenvalue weighted by Gasteiger charge is 2.16. The first-order valence-electron chi connectivity index (χ1n) is 5.79. The van der Waals surface area contributed by atoms with Crippen molar-refractivity contribution in [2.24, 2.45) is 5.73 Å². The van der Waals surface area contributed by atoms with Gasteiger partial charge in [-0.3, -0.25) is 4.79 Å². The van der Waals surface area contributed by atoms with Crippen molar-refractivity contribution in [3.05, 3.63) is 34.9 Å². The lowest BCUT2D eigenvalue weighted by Gasteiger charge is -2.21. The van der Waals surface area contributed by atoms with Crippen LogP contribution in [0.4, 0.5) is 0 Å². The molecular formula is C13H19ClN2O. The Kier molecular flexibility index (Phi) is 5.45. The first-order chi connectivity index (χ1) is 8.04. The number of hydrogen-bond acceptors (Lipinski definition) is 2. The van der Waals surface area contributed by atoms with Gasteiger partial charge in [-0.1, -0.05) is 37.1 Å². The molecule has 1 rings (SSSR count). The standard InChI is InChI=1S/C13H19ClN2O/c1-3-5-12(15)13(17)16(2)9-10-6-4-7-11(14)8-10/h4,6-8,12H,3,5,9,15H2,1-2H3. The molecule has 1 aromatic rings. The van der Waals surface area contributed by atoms with Crippen LogP contribution in [0.1, 0.15) is 25.3 Å². The van der Waals surface area contributed by atoms with Gasteiger partial charge in [0.1, 0.15) is 0 Å². The van der Waals surface area contributed by atoms with Gasteiger partial charge in [0.05, 0.1) is 6.04 Å². The Hall–Kier alpha value is -1.06. The van der Waals surface area contributed by atoms with Crippen molar-refractivity contribution in [2.75, 3.05) is 7.05 Å². The van der Waals surface area contributed by atoms with Gasteiger partial charge in [-0.15, -0.1) is 0 Å². The maximum Gasteiger partial charge on any atom is 0.239 e. The molecule has 3 nitrogen and oxygen atoms in total. The number of nitrogens with two attached hydrogens (primary N) is 1. The quantitative estimate of drug-likeness (QED) is 0.877. The van der Waals surface area contributed by atoms with Gasteiger partial charge in [0.2, 0.25) is 5.91 Å². The molecule has 0 aromatic heterocycles. The van der Waals surface area contributed by atoms with E-state index < -0.39 is 6.04 Å². The summed E-state index contributed by atoms with van der Waals surface area (Å²) in [6, 6.07) is 7.10. The third kappa shape index (κ3) is 4.36. The van der Waals surface area contributed by atoms with Gasteiger partial charge in [0.15, 0.2) is 0 Å². The van der Waals surface area contributed by atoms with Crippen LogP contribution in [-0.2, 0) is 11.3 Å². The van der Waals surface area contributed by atoms with E-state index in [9.17, 15) is 4.79 Å². The van der Waals surface area contributed by atoms with Crippen molar-refractivity contribution in [1.82, 2.24) is 4.90 Å². The van der Waals surface area contributed by atoms with Crippen LogP contribution in [-0.4, -0.2) is 23.9 Å². The monoisotopic (exact) mass is 254 g/mol. The van der Waals surface area contributed by atoms with Gasteiger partial charge in [-0.25, -0.2) is 0 Å². The normalized spacial score (nSPS) is 12.2. The van der Waals surface area contributed by atoms with Crippen LogP contribution in [0.15, 0.2) is 24.3 Å². The number of nitrogens with zero attached hydrogens (tertiary/aromatic N) is 1. The Morgan fingerprint density at radius 3 is 2.82 bits per heavy atom. The number of halogens is 1. The molecule has 0 fully saturated rings. The van der Waals surface area contributed by atoms with E-state index in [1.807, 2.05) is 31.2 Å². The molecule has 0 aliphatic heterocycles. The van der Waals surface area contributed by atoms with Crippen LogP contribution < -0.4 is 5.73 Å². The highest BCUT2D eigenvalue weighted by atomic mass is 35.5. The van der Waals surface area contributed by atoms with Gasteiger partial charge in [0.25, 0.3) is 0 Å². The lowest BCUT2D eigenvalue weighted by molar-refractivity contribution is -0.131. The molecule has 0 radical (unpaired) electrons. The van der Waals surface area contributed by atoms with E-state index in [1.165, 1.54) is 0 Å². The molecule has 0 saturated carbocycles. The smallest absolute Gasteiger partial charge is 0.239 e. The van der Waals surface area contributed by atoms with E-state index in [0.29, 0.717) is 11.6 Å². The second kappa shape index (κ2) is 6.62. The lowest BCUT2D eigenvalue weighted by atomic mass is 10.1. The Bertz CT molecular complexity index is 381. The Morgan fingerprint density at radius 1 is 1.53 bits per heavy atom. The fourth-order valence-electron chi connectivity index (χ4n) is 1.70. The van der Waals surface area contributed by atoms with Gasteiger partial charge in [-0.05, 0) is 24.1 Å². The summed E-state index contributed by atoms with van der Waals surface area (Å²) in [4.78, 5) is 13.5. The lowest BCUT2D eigenvalue weighted by Crippen LogP contribution is -2.41. The minimum atomic E-state index is -0.399. The number of likely N-dealkylation sites (N-methyl/N-ethyl adjacent to an activating group) is 1. The molecule has 0 saturated heterocycles. The first-order valence-corrected chi connectivity index (χ1v) is 6.17. The summed E-state index contributed by atoms with van der Waals surface area (Å²) in [5.74, 6) is -0.0215. The average molecular weight is 255 g/mol. The molecule has 4 heteroatoms. The van der Waals surface area contributed by atoms with Crippen molar-refractivity contribution in [1.29, 1.82) is 0 Å². The molecule has 0 bridgehead atoms. The summed E-state index contributed by atoms with van der Waals surface area (Å²) >= 11 is 5.89. The average Bonchev–Trinajstić information content (AvgIpc) is 2.28. The first kappa shape index (κ1) is 14.0. The fraction of sp³-hybridized carbons (Fsp3) is 0.462. The summed E-state index contributed by atoms with van der Waals surface area (Å²) in [5.41, 5.74) is 6.81. The van der Waals surface area contributed by atoms with Crippen molar-refractivity contribution in [3.63, 3.8) is 0 Å². The molecule has 0 aliphatic carbocycles. The largest absolute Gasteiger partial charge is 0.340 e. The van der Waals surface area contributed by atoms with Crippen LogP contribution in [0.2, 0.25) is 5.02 Å². The van der Waals surface area contributed by atoms with E-state index >= 15 is 0 Å². The van der Waals surface area contributed by atoms with E-state index in [1.54, 1.807) is 11.9 Å². The maximum atomic E-state index is 11.9. The van der Waals surface area contributed by atoms with Crippen molar-refractivity contribution in [2.45, 2.75) is 32.4 Å². The summed E-state index contributed by atoms with van der Waals surface area (Å²) < 4.78 is 0. The predicted octanol–water partition coefficient (Wildman–Crippen LogP) is 2.43. The van der Waals surface area contributed by atoms with Gasteiger partial charge in [-0.2, -0.15) is 0 Å². The molecule has 1 atom stereocenters. The van der Waals surface area contributed by atoms with E-state index in [-0.39, 0.29) is 5.91 Å². The molecule has 0 aliphatic rings. The number of hydrogen-bond donors (Lipinski definition) is 1. The molecule has 17 heavy (non-hydrogen) atoms. The molecule has 2 N–H and O–H groups in total. The minimum Gasteiger partial charge on any atom is -0.340 e. The van der Waals surface area contributed by atoms with E-state index in [2.05, 4.69) is 0 Å². The highest BCUT2D eigenvalue weighted by Crippen LogP contribution is 2.12. The maximum absolute atomic E-state index is 11.9. The molecule has 1 unspecified atom stereocenters. The summed E-state index contributed by atoms with van der Waals surface area (Å²) in [5, 5.41) is 0.682. The number of amides is 1. The number of rotatable bonds is 5. The molecular weight excluding hydrogens is 236 g/mol. The Labute approximate surface area is 108 Å². The number of carbonyl (C=O) groups excluding carboxylic acids is 1. The van der Waals surface area contributed by atoms with Crippen LogP contribution in [0.25, 0.3) is 0 Å². The minimum absolute atomic E-state index is 0.0215. The number of carbonyl (C=O) groups is 1. The van der Waals surface area contributed by atoms with Gasteiger partial charge in [0, 0.05) is 18.6 Å².